The molecule has 2 unspecified atom stereocenters. The number of piperidine rings is 3. The summed E-state index contributed by atoms with van der Waals surface area (Å²) in [5.74, 6) is 0.0806. The molecule has 3 saturated heterocycles. The Morgan fingerprint density at radius 2 is 2.00 bits per heavy atom. The van der Waals surface area contributed by atoms with Crippen LogP contribution in [0.3, 0.4) is 0 Å². The van der Waals surface area contributed by atoms with Crippen LogP contribution in [0.2, 0.25) is 0 Å². The van der Waals surface area contributed by atoms with Crippen LogP contribution in [-0.4, -0.2) is 69.2 Å². The van der Waals surface area contributed by atoms with E-state index in [1.807, 2.05) is 0 Å². The third kappa shape index (κ3) is 1.48. The molecule has 0 amide bonds. The molecular weight excluding hydrogens is 370 g/mol. The predicted molar refractivity (Wildman–Crippen MR) is 102 cm³/mol. The number of nitrogens with zero attached hydrogens (tertiary/aromatic N) is 1. The molecule has 6 nitrogen and oxygen atoms in total. The number of carbonyl (C=O) groups is 1. The highest BCUT2D eigenvalue weighted by Gasteiger charge is 2.92. The number of ether oxygens (including phenoxy) is 1. The van der Waals surface area contributed by atoms with E-state index in [4.69, 9.17) is 4.74 Å². The molecule has 0 radical (unpaired) electrons. The minimum atomic E-state index is -1.22. The van der Waals surface area contributed by atoms with Crippen LogP contribution in [0.5, 0.6) is 0 Å². The van der Waals surface area contributed by atoms with E-state index in [-0.39, 0.29) is 34.9 Å². The van der Waals surface area contributed by atoms with Crippen molar-refractivity contribution in [1.82, 2.24) is 4.90 Å². The summed E-state index contributed by atoms with van der Waals surface area (Å²) in [4.78, 5) is 14.3. The molecule has 29 heavy (non-hydrogen) atoms. The van der Waals surface area contributed by atoms with Crippen molar-refractivity contribution in [3.8, 4) is 0 Å². The smallest absolute Gasteiger partial charge is 0.302 e. The van der Waals surface area contributed by atoms with E-state index in [0.29, 0.717) is 24.7 Å². The number of hydrogen-bond acceptors (Lipinski definition) is 6. The molecule has 9 fully saturated rings. The van der Waals surface area contributed by atoms with Gasteiger partial charge in [-0.1, -0.05) is 19.1 Å². The maximum Gasteiger partial charge on any atom is 0.302 e. The Hall–Kier alpha value is -0.950. The monoisotopic (exact) mass is 401 g/mol. The first kappa shape index (κ1) is 17.7. The highest BCUT2D eigenvalue weighted by Crippen LogP contribution is 2.86. The fourth-order valence-electron chi connectivity index (χ4n) is 11.4. The van der Waals surface area contributed by atoms with E-state index in [1.54, 1.807) is 0 Å². The second kappa shape index (κ2) is 4.62. The van der Waals surface area contributed by atoms with Crippen LogP contribution in [0.15, 0.2) is 12.2 Å². The Balaban J connectivity index is 1.51. The summed E-state index contributed by atoms with van der Waals surface area (Å²) in [6.07, 6.45) is 1.28. The lowest BCUT2D eigenvalue weighted by atomic mass is 9.35. The van der Waals surface area contributed by atoms with Gasteiger partial charge in [0.1, 0.15) is 11.7 Å². The second-order valence-corrected chi connectivity index (χ2v) is 11.9. The molecule has 0 aromatic heterocycles. The van der Waals surface area contributed by atoms with Gasteiger partial charge in [0.15, 0.2) is 0 Å². The standard InChI is InChI=1S/C23H31NO5/c1-10-4-21-5-12-8-24-9-20(3)6-13(29-11(2)25)7-22(16(12)20)17(21)15(26)14(10)18(27)23(21,28)19(22)24/h12-19,26-28H,1,4-9H2,2-3H3/t12-,13+,14-,15-,16-,17-,18+,19+,20+,21-,22+,23?/m1/s1. The van der Waals surface area contributed by atoms with Gasteiger partial charge >= 0.3 is 5.97 Å². The van der Waals surface area contributed by atoms with Crippen LogP contribution in [0.4, 0.5) is 0 Å². The average Bonchev–Trinajstić information content (AvgIpc) is 2.61. The summed E-state index contributed by atoms with van der Waals surface area (Å²) in [6.45, 7) is 9.87. The van der Waals surface area contributed by atoms with Crippen LogP contribution in [0, 0.1) is 39.9 Å². The average molecular weight is 402 g/mol. The van der Waals surface area contributed by atoms with Crippen molar-refractivity contribution in [3.63, 3.8) is 0 Å². The van der Waals surface area contributed by atoms with Crippen molar-refractivity contribution in [2.24, 2.45) is 39.9 Å². The van der Waals surface area contributed by atoms with Crippen molar-refractivity contribution in [1.29, 1.82) is 0 Å². The maximum atomic E-state index is 12.4. The van der Waals surface area contributed by atoms with Gasteiger partial charge in [-0.05, 0) is 42.9 Å². The first-order chi connectivity index (χ1) is 13.6. The lowest BCUT2D eigenvalue weighted by Crippen LogP contribution is -2.77. The fourth-order valence-corrected chi connectivity index (χ4v) is 11.4. The minimum absolute atomic E-state index is 0.00809. The van der Waals surface area contributed by atoms with Gasteiger partial charge in [0, 0.05) is 48.7 Å². The minimum Gasteiger partial charge on any atom is -0.463 e. The number of aliphatic hydroxyl groups is 3. The van der Waals surface area contributed by atoms with Crippen molar-refractivity contribution in [2.75, 3.05) is 13.1 Å². The number of esters is 1. The summed E-state index contributed by atoms with van der Waals surface area (Å²) in [7, 11) is 0. The second-order valence-electron chi connectivity index (χ2n) is 11.9. The predicted octanol–water partition coefficient (Wildman–Crippen LogP) is 0.697. The zero-order valence-corrected chi connectivity index (χ0v) is 17.2. The van der Waals surface area contributed by atoms with Crippen LogP contribution >= 0.6 is 0 Å². The van der Waals surface area contributed by atoms with E-state index < -0.39 is 29.1 Å². The normalized spacial score (nSPS) is 67.8. The van der Waals surface area contributed by atoms with Gasteiger partial charge in [-0.25, -0.2) is 0 Å². The number of fused-ring (bicyclic) bond motifs is 1. The van der Waals surface area contributed by atoms with E-state index in [2.05, 4.69) is 18.4 Å². The quantitative estimate of drug-likeness (QED) is 0.443. The number of rotatable bonds is 1. The SMILES string of the molecule is C=C1C[C@]23C[C@@H]4CN5C[C@]6(C)C[C@H](OC(C)=O)C[C@]7([C@H]5C2(O)[C@@H](O)[C@H]1[C@@H](O)[C@@H]73)[C@H]46. The molecule has 2 spiro atoms. The third-order valence-electron chi connectivity index (χ3n) is 10.8. The van der Waals surface area contributed by atoms with Crippen LogP contribution in [0.1, 0.15) is 39.5 Å². The summed E-state index contributed by atoms with van der Waals surface area (Å²) in [5.41, 5.74) is -1.12. The summed E-state index contributed by atoms with van der Waals surface area (Å²) >= 11 is 0. The highest BCUT2D eigenvalue weighted by atomic mass is 16.5. The van der Waals surface area contributed by atoms with E-state index in [0.717, 1.165) is 31.5 Å². The van der Waals surface area contributed by atoms with Crippen LogP contribution in [0.25, 0.3) is 0 Å². The van der Waals surface area contributed by atoms with Crippen LogP contribution in [-0.2, 0) is 9.53 Å². The molecule has 0 aromatic carbocycles. The zero-order chi connectivity index (χ0) is 20.3. The maximum absolute atomic E-state index is 12.4. The van der Waals surface area contributed by atoms with E-state index in [1.165, 1.54) is 6.92 Å². The number of hydrogen-bond donors (Lipinski definition) is 3. The Kier molecular flexibility index (Phi) is 2.82. The molecule has 9 rings (SSSR count). The zero-order valence-electron chi connectivity index (χ0n) is 17.2. The molecule has 9 bridgehead atoms. The topological polar surface area (TPSA) is 90.2 Å². The molecule has 158 valence electrons. The number of aliphatic hydroxyl groups excluding tert-OH is 2. The first-order valence-corrected chi connectivity index (χ1v) is 11.3. The molecule has 3 heterocycles. The van der Waals surface area contributed by atoms with Gasteiger partial charge in [-0.15, -0.1) is 0 Å². The molecule has 6 aliphatic carbocycles. The Morgan fingerprint density at radius 1 is 1.24 bits per heavy atom. The van der Waals surface area contributed by atoms with Gasteiger partial charge in [0.2, 0.25) is 0 Å². The third-order valence-corrected chi connectivity index (χ3v) is 10.8. The molecule has 3 aliphatic heterocycles. The van der Waals surface area contributed by atoms with Gasteiger partial charge < -0.3 is 20.1 Å². The molecular formula is C23H31NO5. The Morgan fingerprint density at radius 3 is 2.72 bits per heavy atom. The summed E-state index contributed by atoms with van der Waals surface area (Å²) in [6, 6.07) is -0.169. The fraction of sp³-hybridized carbons (Fsp3) is 0.870. The molecule has 9 aliphatic rings. The Labute approximate surface area is 170 Å². The van der Waals surface area contributed by atoms with E-state index in [9.17, 15) is 20.1 Å². The van der Waals surface area contributed by atoms with Gasteiger partial charge in [0.05, 0.1) is 12.2 Å². The van der Waals surface area contributed by atoms with Crippen molar-refractivity contribution in [3.05, 3.63) is 12.2 Å². The summed E-state index contributed by atoms with van der Waals surface area (Å²) in [5, 5.41) is 35.5. The lowest BCUT2D eigenvalue weighted by molar-refractivity contribution is -0.284. The van der Waals surface area contributed by atoms with Gasteiger partial charge in [-0.2, -0.15) is 0 Å². The largest absolute Gasteiger partial charge is 0.463 e. The molecule has 6 saturated carbocycles. The highest BCUT2D eigenvalue weighted by molar-refractivity contribution is 5.66. The molecule has 0 aromatic rings. The first-order valence-electron chi connectivity index (χ1n) is 11.3. The van der Waals surface area contributed by atoms with Crippen molar-refractivity contribution < 1.29 is 24.9 Å². The lowest BCUT2D eigenvalue weighted by Gasteiger charge is -2.74. The van der Waals surface area contributed by atoms with Crippen molar-refractivity contribution >= 4 is 5.97 Å². The Bertz CT molecular complexity index is 875. The van der Waals surface area contributed by atoms with Gasteiger partial charge in [-0.3, -0.25) is 9.69 Å². The van der Waals surface area contributed by atoms with E-state index >= 15 is 0 Å². The molecule has 3 N–H and O–H groups in total. The number of carbonyl (C=O) groups excluding carboxylic acids is 1. The molecule has 6 heteroatoms. The molecule has 13 atom stereocenters. The van der Waals surface area contributed by atoms with Crippen LogP contribution < -0.4 is 0 Å². The van der Waals surface area contributed by atoms with Gasteiger partial charge in [0.25, 0.3) is 0 Å². The van der Waals surface area contributed by atoms with Crippen molar-refractivity contribution in [2.45, 2.75) is 69.5 Å². The summed E-state index contributed by atoms with van der Waals surface area (Å²) < 4.78 is 5.80.